The van der Waals surface area contributed by atoms with Gasteiger partial charge in [0.2, 0.25) is 0 Å². The number of carbonyl (C=O) groups is 1. The minimum absolute atomic E-state index is 0.228. The van der Waals surface area contributed by atoms with E-state index in [2.05, 4.69) is 39.2 Å². The number of hydrogen-bond donors (Lipinski definition) is 1. The summed E-state index contributed by atoms with van der Waals surface area (Å²) in [7, 11) is 1.54. The predicted octanol–water partition coefficient (Wildman–Crippen LogP) is 4.42. The Labute approximate surface area is 169 Å². The zero-order valence-corrected chi connectivity index (χ0v) is 16.5. The average Bonchev–Trinajstić information content (AvgIpc) is 2.73. The maximum absolute atomic E-state index is 12.4. The highest BCUT2D eigenvalue weighted by Gasteiger charge is 2.12. The van der Waals surface area contributed by atoms with Crippen molar-refractivity contribution < 1.29 is 9.53 Å². The lowest BCUT2D eigenvalue weighted by molar-refractivity contribution is 0.102. The van der Waals surface area contributed by atoms with E-state index < -0.39 is 0 Å². The standard InChI is InChI=1S/C21H21ClN4O2/c1-3-26(14-15-7-5-4-6-8-15)20-13-23-18(12-24-20)21(27)25-16-9-10-19(28-2)17(22)11-16/h4-13H,3,14H2,1-2H3,(H,25,27). The minimum Gasteiger partial charge on any atom is -0.495 e. The molecule has 0 saturated carbocycles. The van der Waals surface area contributed by atoms with Crippen molar-refractivity contribution in [3.63, 3.8) is 0 Å². The number of methoxy groups -OCH3 is 1. The predicted molar refractivity (Wildman–Crippen MR) is 111 cm³/mol. The fourth-order valence-corrected chi connectivity index (χ4v) is 2.96. The van der Waals surface area contributed by atoms with Crippen LogP contribution in [0.15, 0.2) is 60.9 Å². The summed E-state index contributed by atoms with van der Waals surface area (Å²) in [6, 6.07) is 15.2. The van der Waals surface area contributed by atoms with E-state index in [1.54, 1.807) is 24.4 Å². The highest BCUT2D eigenvalue weighted by Crippen LogP contribution is 2.27. The molecule has 0 spiro atoms. The molecule has 7 heteroatoms. The SMILES string of the molecule is CCN(Cc1ccccc1)c1cnc(C(=O)Nc2ccc(OC)c(Cl)c2)cn1. The molecule has 1 amide bonds. The second kappa shape index (κ2) is 9.19. The van der Waals surface area contributed by atoms with Crippen molar-refractivity contribution in [2.75, 3.05) is 23.9 Å². The Morgan fingerprint density at radius 1 is 1.14 bits per heavy atom. The molecule has 3 aromatic rings. The Morgan fingerprint density at radius 3 is 2.54 bits per heavy atom. The van der Waals surface area contributed by atoms with E-state index in [-0.39, 0.29) is 11.6 Å². The molecule has 0 unspecified atom stereocenters. The number of anilines is 2. The van der Waals surface area contributed by atoms with E-state index >= 15 is 0 Å². The molecule has 6 nitrogen and oxygen atoms in total. The number of nitrogens with one attached hydrogen (secondary N) is 1. The van der Waals surface area contributed by atoms with Crippen LogP contribution in [0.3, 0.4) is 0 Å². The molecule has 1 N–H and O–H groups in total. The first-order valence-corrected chi connectivity index (χ1v) is 9.24. The van der Waals surface area contributed by atoms with Crippen molar-refractivity contribution in [3.05, 3.63) is 77.2 Å². The van der Waals surface area contributed by atoms with E-state index in [9.17, 15) is 4.79 Å². The zero-order chi connectivity index (χ0) is 19.9. The smallest absolute Gasteiger partial charge is 0.275 e. The van der Waals surface area contributed by atoms with Crippen LogP contribution in [0.1, 0.15) is 23.0 Å². The van der Waals surface area contributed by atoms with E-state index in [4.69, 9.17) is 16.3 Å². The van der Waals surface area contributed by atoms with E-state index in [1.807, 2.05) is 18.2 Å². The second-order valence-electron chi connectivity index (χ2n) is 6.06. The fourth-order valence-electron chi connectivity index (χ4n) is 2.70. The number of rotatable bonds is 7. The number of aromatic nitrogens is 2. The maximum atomic E-state index is 12.4. The van der Waals surface area contributed by atoms with Crippen molar-refractivity contribution >= 4 is 29.0 Å². The minimum atomic E-state index is -0.355. The number of amides is 1. The fraction of sp³-hybridized carbons (Fsp3) is 0.190. The first kappa shape index (κ1) is 19.6. The summed E-state index contributed by atoms with van der Waals surface area (Å²) in [4.78, 5) is 23.2. The van der Waals surface area contributed by atoms with Crippen LogP contribution in [0.4, 0.5) is 11.5 Å². The lowest BCUT2D eigenvalue weighted by Gasteiger charge is -2.21. The van der Waals surface area contributed by atoms with Crippen LogP contribution >= 0.6 is 11.6 Å². The molecule has 144 valence electrons. The molecule has 0 aliphatic carbocycles. The van der Waals surface area contributed by atoms with Gasteiger partial charge >= 0.3 is 0 Å². The molecule has 0 atom stereocenters. The van der Waals surface area contributed by atoms with E-state index in [0.29, 0.717) is 16.5 Å². The van der Waals surface area contributed by atoms with Crippen LogP contribution in [-0.4, -0.2) is 29.5 Å². The molecule has 0 fully saturated rings. The van der Waals surface area contributed by atoms with Gasteiger partial charge in [0.1, 0.15) is 17.3 Å². The van der Waals surface area contributed by atoms with Crippen LogP contribution in [0.2, 0.25) is 5.02 Å². The molecular weight excluding hydrogens is 376 g/mol. The number of benzene rings is 2. The highest BCUT2D eigenvalue weighted by atomic mass is 35.5. The molecule has 0 bridgehead atoms. The second-order valence-corrected chi connectivity index (χ2v) is 6.47. The van der Waals surface area contributed by atoms with Crippen LogP contribution in [0.25, 0.3) is 0 Å². The molecule has 0 saturated heterocycles. The summed E-state index contributed by atoms with van der Waals surface area (Å²) in [6.07, 6.45) is 3.09. The summed E-state index contributed by atoms with van der Waals surface area (Å²) >= 11 is 6.09. The molecule has 28 heavy (non-hydrogen) atoms. The van der Waals surface area contributed by atoms with Gasteiger partial charge in [-0.25, -0.2) is 9.97 Å². The first-order chi connectivity index (χ1) is 13.6. The quantitative estimate of drug-likeness (QED) is 0.640. The van der Waals surface area contributed by atoms with Gasteiger partial charge in [-0.2, -0.15) is 0 Å². The van der Waals surface area contributed by atoms with Gasteiger partial charge in [0.25, 0.3) is 5.91 Å². The lowest BCUT2D eigenvalue weighted by atomic mass is 10.2. The van der Waals surface area contributed by atoms with Crippen molar-refractivity contribution in [3.8, 4) is 5.75 Å². The Balaban J connectivity index is 1.69. The third kappa shape index (κ3) is 4.78. The number of carbonyl (C=O) groups excluding carboxylic acids is 1. The lowest BCUT2D eigenvalue weighted by Crippen LogP contribution is -2.24. The van der Waals surface area contributed by atoms with Crippen LogP contribution in [0, 0.1) is 0 Å². The maximum Gasteiger partial charge on any atom is 0.275 e. The van der Waals surface area contributed by atoms with Crippen LogP contribution in [0.5, 0.6) is 5.75 Å². The van der Waals surface area contributed by atoms with Crippen molar-refractivity contribution in [1.29, 1.82) is 0 Å². The number of nitrogens with zero attached hydrogens (tertiary/aromatic N) is 3. The third-order valence-corrected chi connectivity index (χ3v) is 4.50. The van der Waals surface area contributed by atoms with Gasteiger partial charge in [0.05, 0.1) is 24.5 Å². The van der Waals surface area contributed by atoms with Gasteiger partial charge in [-0.05, 0) is 30.7 Å². The highest BCUT2D eigenvalue weighted by molar-refractivity contribution is 6.32. The molecule has 1 aromatic heterocycles. The summed E-state index contributed by atoms with van der Waals surface area (Å²) in [5.74, 6) is 0.906. The van der Waals surface area contributed by atoms with Gasteiger partial charge in [-0.1, -0.05) is 41.9 Å². The van der Waals surface area contributed by atoms with Gasteiger partial charge in [0, 0.05) is 18.8 Å². The topological polar surface area (TPSA) is 67.4 Å². The van der Waals surface area contributed by atoms with Crippen LogP contribution in [-0.2, 0) is 6.54 Å². The third-order valence-electron chi connectivity index (χ3n) is 4.20. The molecule has 0 radical (unpaired) electrons. The number of hydrogen-bond acceptors (Lipinski definition) is 5. The summed E-state index contributed by atoms with van der Waals surface area (Å²) in [5, 5.41) is 3.18. The van der Waals surface area contributed by atoms with Crippen molar-refractivity contribution in [1.82, 2.24) is 9.97 Å². The number of ether oxygens (including phenoxy) is 1. The van der Waals surface area contributed by atoms with Gasteiger partial charge in [-0.15, -0.1) is 0 Å². The summed E-state index contributed by atoms with van der Waals surface area (Å²) in [5.41, 5.74) is 1.97. The molecular formula is C21H21ClN4O2. The van der Waals surface area contributed by atoms with E-state index in [1.165, 1.54) is 18.9 Å². The molecule has 3 rings (SSSR count). The summed E-state index contributed by atoms with van der Waals surface area (Å²) < 4.78 is 5.11. The summed E-state index contributed by atoms with van der Waals surface area (Å²) in [6.45, 7) is 3.56. The molecule has 2 aromatic carbocycles. The first-order valence-electron chi connectivity index (χ1n) is 8.86. The zero-order valence-electron chi connectivity index (χ0n) is 15.7. The number of halogens is 1. The monoisotopic (exact) mass is 396 g/mol. The van der Waals surface area contributed by atoms with Crippen molar-refractivity contribution in [2.24, 2.45) is 0 Å². The van der Waals surface area contributed by atoms with E-state index in [0.717, 1.165) is 18.9 Å². The Hall–Kier alpha value is -3.12. The van der Waals surface area contributed by atoms with Gasteiger partial charge < -0.3 is 15.0 Å². The normalized spacial score (nSPS) is 10.4. The van der Waals surface area contributed by atoms with Gasteiger partial charge in [-0.3, -0.25) is 4.79 Å². The Morgan fingerprint density at radius 2 is 1.93 bits per heavy atom. The van der Waals surface area contributed by atoms with Crippen LogP contribution < -0.4 is 15.0 Å². The Bertz CT molecular complexity index is 933. The average molecular weight is 397 g/mol. The van der Waals surface area contributed by atoms with Crippen molar-refractivity contribution in [2.45, 2.75) is 13.5 Å². The molecule has 0 aliphatic heterocycles. The van der Waals surface area contributed by atoms with Gasteiger partial charge in [0.15, 0.2) is 0 Å². The largest absolute Gasteiger partial charge is 0.495 e. The molecule has 0 aliphatic rings. The molecule has 1 heterocycles. The Kier molecular flexibility index (Phi) is 6.45.